The van der Waals surface area contributed by atoms with E-state index in [1.807, 2.05) is 42.1 Å². The maximum absolute atomic E-state index is 12.4. The molecular weight excluding hydrogens is 286 g/mol. The number of piperidine rings is 1. The van der Waals surface area contributed by atoms with Gasteiger partial charge in [-0.05, 0) is 38.8 Å². The molecule has 2 heterocycles. The minimum Gasteiger partial charge on any atom is -0.352 e. The lowest BCUT2D eigenvalue weighted by molar-refractivity contribution is 0.0950. The third-order valence-corrected chi connectivity index (χ3v) is 4.99. The summed E-state index contributed by atoms with van der Waals surface area (Å²) in [6.45, 7) is 5.34. The van der Waals surface area contributed by atoms with Gasteiger partial charge in [-0.25, -0.2) is 0 Å². The smallest absolute Gasteiger partial charge is 0.253 e. The number of carbonyl (C=O) groups excluding carboxylic acids is 1. The molecule has 2 aromatic rings. The van der Waals surface area contributed by atoms with E-state index in [1.54, 1.807) is 0 Å². The Hall–Kier alpha value is -1.81. The molecule has 1 aromatic carbocycles. The molecule has 3 rings (SSSR count). The molecule has 1 aliphatic rings. The van der Waals surface area contributed by atoms with Crippen LogP contribution in [0, 0.1) is 0 Å². The van der Waals surface area contributed by atoms with E-state index in [4.69, 9.17) is 0 Å². The molecule has 4 nitrogen and oxygen atoms in total. The predicted molar refractivity (Wildman–Crippen MR) is 94.8 cm³/mol. The van der Waals surface area contributed by atoms with Crippen LogP contribution < -0.4 is 5.32 Å². The number of aryl methyl sites for hydroxylation is 1. The minimum absolute atomic E-state index is 0.0356. The number of hydrogen-bond donors (Lipinski definition) is 1. The van der Waals surface area contributed by atoms with Gasteiger partial charge in [-0.1, -0.05) is 24.6 Å². The molecule has 0 aliphatic carbocycles. The maximum atomic E-state index is 12.4. The quantitative estimate of drug-likeness (QED) is 0.861. The van der Waals surface area contributed by atoms with Gasteiger partial charge in [-0.2, -0.15) is 0 Å². The van der Waals surface area contributed by atoms with Crippen molar-refractivity contribution < 1.29 is 4.79 Å². The number of para-hydroxylation sites is 1. The normalized spacial score (nSPS) is 19.1. The van der Waals surface area contributed by atoms with E-state index >= 15 is 0 Å². The Morgan fingerprint density at radius 1 is 1.30 bits per heavy atom. The van der Waals surface area contributed by atoms with Crippen molar-refractivity contribution in [1.82, 2.24) is 14.8 Å². The van der Waals surface area contributed by atoms with Crippen LogP contribution in [-0.2, 0) is 7.05 Å². The highest BCUT2D eigenvalue weighted by molar-refractivity contribution is 6.06. The van der Waals surface area contributed by atoms with Crippen LogP contribution in [0.3, 0.4) is 0 Å². The van der Waals surface area contributed by atoms with Crippen LogP contribution in [0.2, 0.25) is 0 Å². The van der Waals surface area contributed by atoms with E-state index in [0.717, 1.165) is 36.0 Å². The molecule has 1 amide bonds. The highest BCUT2D eigenvalue weighted by atomic mass is 16.1. The van der Waals surface area contributed by atoms with E-state index < -0.39 is 0 Å². The standard InChI is InChI=1S/C19H27N3O/c1-15-8-5-6-12-22(15)13-7-11-20-19(23)17-14-21(2)18-10-4-3-9-16(17)18/h3-4,9-10,14-15H,5-8,11-13H2,1-2H3,(H,20,23)/t15-/m0/s1. The molecule has 1 fully saturated rings. The maximum Gasteiger partial charge on any atom is 0.253 e. The first-order chi connectivity index (χ1) is 11.2. The number of rotatable bonds is 5. The zero-order valence-electron chi connectivity index (χ0n) is 14.2. The molecule has 0 radical (unpaired) electrons. The number of amides is 1. The Balaban J connectivity index is 1.53. The summed E-state index contributed by atoms with van der Waals surface area (Å²) in [5, 5.41) is 4.11. The molecule has 0 bridgehead atoms. The Labute approximate surface area is 138 Å². The number of nitrogens with one attached hydrogen (secondary N) is 1. The lowest BCUT2D eigenvalue weighted by Crippen LogP contribution is -2.39. The summed E-state index contributed by atoms with van der Waals surface area (Å²) < 4.78 is 2.01. The molecule has 0 unspecified atom stereocenters. The molecule has 1 aliphatic heterocycles. The Morgan fingerprint density at radius 3 is 2.96 bits per heavy atom. The average molecular weight is 313 g/mol. The van der Waals surface area contributed by atoms with Crippen molar-refractivity contribution in [2.24, 2.45) is 7.05 Å². The van der Waals surface area contributed by atoms with E-state index in [1.165, 1.54) is 25.8 Å². The number of fused-ring (bicyclic) bond motifs is 1. The van der Waals surface area contributed by atoms with Crippen LogP contribution in [0.4, 0.5) is 0 Å². The number of hydrogen-bond acceptors (Lipinski definition) is 2. The summed E-state index contributed by atoms with van der Waals surface area (Å²) in [5.74, 6) is 0.0356. The molecule has 0 saturated carbocycles. The van der Waals surface area contributed by atoms with E-state index in [-0.39, 0.29) is 5.91 Å². The summed E-state index contributed by atoms with van der Waals surface area (Å²) in [7, 11) is 1.98. The molecule has 0 spiro atoms. The van der Waals surface area contributed by atoms with Gasteiger partial charge in [0, 0.05) is 43.3 Å². The Bertz CT molecular complexity index is 676. The summed E-state index contributed by atoms with van der Waals surface area (Å²) in [5.41, 5.74) is 1.87. The molecule has 23 heavy (non-hydrogen) atoms. The fraction of sp³-hybridized carbons (Fsp3) is 0.526. The van der Waals surface area contributed by atoms with Crippen LogP contribution in [-0.4, -0.2) is 41.1 Å². The lowest BCUT2D eigenvalue weighted by Gasteiger charge is -2.33. The van der Waals surface area contributed by atoms with Gasteiger partial charge in [0.15, 0.2) is 0 Å². The van der Waals surface area contributed by atoms with Crippen molar-refractivity contribution in [1.29, 1.82) is 0 Å². The Kier molecular flexibility index (Phi) is 5.01. The number of benzene rings is 1. The fourth-order valence-corrected chi connectivity index (χ4v) is 3.59. The third kappa shape index (κ3) is 3.58. The minimum atomic E-state index is 0.0356. The van der Waals surface area contributed by atoms with E-state index in [2.05, 4.69) is 17.1 Å². The second-order valence-electron chi connectivity index (χ2n) is 6.66. The number of aromatic nitrogens is 1. The zero-order chi connectivity index (χ0) is 16.2. The first-order valence-electron chi connectivity index (χ1n) is 8.73. The summed E-state index contributed by atoms with van der Waals surface area (Å²) >= 11 is 0. The van der Waals surface area contributed by atoms with E-state index in [0.29, 0.717) is 6.04 Å². The van der Waals surface area contributed by atoms with Crippen LogP contribution in [0.25, 0.3) is 10.9 Å². The van der Waals surface area contributed by atoms with Gasteiger partial charge in [-0.15, -0.1) is 0 Å². The monoisotopic (exact) mass is 313 g/mol. The molecule has 1 atom stereocenters. The number of nitrogens with zero attached hydrogens (tertiary/aromatic N) is 2. The molecular formula is C19H27N3O. The fourth-order valence-electron chi connectivity index (χ4n) is 3.59. The molecule has 4 heteroatoms. The zero-order valence-corrected chi connectivity index (χ0v) is 14.2. The van der Waals surface area contributed by atoms with Crippen molar-refractivity contribution in [3.05, 3.63) is 36.0 Å². The first-order valence-corrected chi connectivity index (χ1v) is 8.73. The molecule has 1 aromatic heterocycles. The SMILES string of the molecule is C[C@H]1CCCCN1CCCNC(=O)c1cn(C)c2ccccc12. The first kappa shape index (κ1) is 16.1. The average Bonchev–Trinajstić information content (AvgIpc) is 2.90. The third-order valence-electron chi connectivity index (χ3n) is 4.99. The van der Waals surface area contributed by atoms with E-state index in [9.17, 15) is 4.79 Å². The van der Waals surface area contributed by atoms with Gasteiger partial charge < -0.3 is 14.8 Å². The summed E-state index contributed by atoms with van der Waals surface area (Å²) in [6.07, 6.45) is 6.91. The second-order valence-corrected chi connectivity index (χ2v) is 6.66. The van der Waals surface area contributed by atoms with Crippen LogP contribution in [0.1, 0.15) is 43.0 Å². The van der Waals surface area contributed by atoms with Gasteiger partial charge in [0.05, 0.1) is 5.56 Å². The predicted octanol–water partition coefficient (Wildman–Crippen LogP) is 3.17. The number of carbonyl (C=O) groups is 1. The van der Waals surface area contributed by atoms with Gasteiger partial charge in [-0.3, -0.25) is 4.79 Å². The summed E-state index contributed by atoms with van der Waals surface area (Å²) in [4.78, 5) is 15.0. The molecule has 124 valence electrons. The highest BCUT2D eigenvalue weighted by Gasteiger charge is 2.17. The lowest BCUT2D eigenvalue weighted by atomic mass is 10.0. The van der Waals surface area contributed by atoms with Crippen LogP contribution in [0.15, 0.2) is 30.5 Å². The van der Waals surface area contributed by atoms with Crippen molar-refractivity contribution in [3.8, 4) is 0 Å². The van der Waals surface area contributed by atoms with Gasteiger partial charge in [0.2, 0.25) is 0 Å². The van der Waals surface area contributed by atoms with Crippen molar-refractivity contribution in [3.63, 3.8) is 0 Å². The Morgan fingerprint density at radius 2 is 2.13 bits per heavy atom. The number of likely N-dealkylation sites (tertiary alicyclic amines) is 1. The van der Waals surface area contributed by atoms with Gasteiger partial charge in [0.25, 0.3) is 5.91 Å². The highest BCUT2D eigenvalue weighted by Crippen LogP contribution is 2.20. The molecule has 1 saturated heterocycles. The van der Waals surface area contributed by atoms with Crippen LogP contribution in [0.5, 0.6) is 0 Å². The second kappa shape index (κ2) is 7.18. The van der Waals surface area contributed by atoms with Crippen LogP contribution >= 0.6 is 0 Å². The molecule has 1 N–H and O–H groups in total. The summed E-state index contributed by atoms with van der Waals surface area (Å²) in [6, 6.07) is 8.74. The topological polar surface area (TPSA) is 37.3 Å². The largest absolute Gasteiger partial charge is 0.352 e. The van der Waals surface area contributed by atoms with Crippen molar-refractivity contribution in [2.75, 3.05) is 19.6 Å². The van der Waals surface area contributed by atoms with Gasteiger partial charge >= 0.3 is 0 Å². The van der Waals surface area contributed by atoms with Crippen molar-refractivity contribution >= 4 is 16.8 Å². The van der Waals surface area contributed by atoms with Gasteiger partial charge in [0.1, 0.15) is 0 Å². The van der Waals surface area contributed by atoms with Crippen molar-refractivity contribution in [2.45, 2.75) is 38.6 Å².